The van der Waals surface area contributed by atoms with Gasteiger partial charge in [0.2, 0.25) is 0 Å². The lowest BCUT2D eigenvalue weighted by Gasteiger charge is -2.40. The minimum atomic E-state index is 0.0571. The molecule has 0 unspecified atom stereocenters. The number of fused-ring (bicyclic) bond motifs is 1. The number of rotatable bonds is 7. The summed E-state index contributed by atoms with van der Waals surface area (Å²) in [6.07, 6.45) is 1.99. The Morgan fingerprint density at radius 1 is 1.06 bits per heavy atom. The molecule has 0 fully saturated rings. The minimum Gasteiger partial charge on any atom is -0.493 e. The van der Waals surface area contributed by atoms with Gasteiger partial charge in [0.05, 0.1) is 19.3 Å². The Hall–Kier alpha value is -2.85. The summed E-state index contributed by atoms with van der Waals surface area (Å²) in [7, 11) is 3.65. The smallest absolute Gasteiger partial charge is 0.161 e. The van der Waals surface area contributed by atoms with Gasteiger partial charge in [-0.15, -0.1) is 0 Å². The number of hydrogen-bond donors (Lipinski definition) is 1. The number of halogens is 1. The van der Waals surface area contributed by atoms with Crippen LogP contribution in [0.3, 0.4) is 0 Å². The molecule has 1 aliphatic rings. The van der Waals surface area contributed by atoms with Crippen molar-refractivity contribution in [3.8, 4) is 11.5 Å². The first-order valence-electron chi connectivity index (χ1n) is 11.2. The maximum absolute atomic E-state index is 6.25. The fraction of sp³-hybridized carbons (Fsp3) is 0.333. The lowest BCUT2D eigenvalue weighted by atomic mass is 9.87. The van der Waals surface area contributed by atoms with Gasteiger partial charge in [0.25, 0.3) is 0 Å². The molecule has 2 atom stereocenters. The second-order valence-corrected chi connectivity index (χ2v) is 8.67. The number of nitrogens with zero attached hydrogens (tertiary/aromatic N) is 1. The third-order valence-electron chi connectivity index (χ3n) is 6.23. The molecule has 0 radical (unpaired) electrons. The number of nitrogens with one attached hydrogen (secondary N) is 1. The first kappa shape index (κ1) is 22.3. The standard InChI is InChI=1S/C27H31ClN2O2/c1-5-18(2)32-26-17-24-20(16-25(26)31-4)14-15-30(23-12-10-22(29-3)11-13-23)27(24)19-6-8-21(28)9-7-19/h6-13,16-18,27,29H,5,14-15H2,1-4H3/t18-,27+/m1/s1. The lowest BCUT2D eigenvalue weighted by molar-refractivity contribution is 0.207. The van der Waals surface area contributed by atoms with Gasteiger partial charge in [-0.25, -0.2) is 0 Å². The zero-order valence-electron chi connectivity index (χ0n) is 19.2. The third-order valence-corrected chi connectivity index (χ3v) is 6.48. The summed E-state index contributed by atoms with van der Waals surface area (Å²) < 4.78 is 11.9. The van der Waals surface area contributed by atoms with Crippen LogP contribution in [0.2, 0.25) is 5.02 Å². The Morgan fingerprint density at radius 3 is 2.41 bits per heavy atom. The molecule has 0 saturated carbocycles. The van der Waals surface area contributed by atoms with Crippen LogP contribution in [0, 0.1) is 0 Å². The molecule has 0 aliphatic carbocycles. The monoisotopic (exact) mass is 450 g/mol. The quantitative estimate of drug-likeness (QED) is 0.433. The van der Waals surface area contributed by atoms with Crippen molar-refractivity contribution in [2.24, 2.45) is 0 Å². The van der Waals surface area contributed by atoms with Crippen molar-refractivity contribution in [3.63, 3.8) is 0 Å². The van der Waals surface area contributed by atoms with E-state index < -0.39 is 0 Å². The fourth-order valence-electron chi connectivity index (χ4n) is 4.28. The van der Waals surface area contributed by atoms with Gasteiger partial charge >= 0.3 is 0 Å². The normalized spacial score (nSPS) is 16.3. The number of methoxy groups -OCH3 is 1. The van der Waals surface area contributed by atoms with Crippen molar-refractivity contribution in [1.82, 2.24) is 0 Å². The largest absolute Gasteiger partial charge is 0.493 e. The van der Waals surface area contributed by atoms with Crippen LogP contribution in [0.1, 0.15) is 43.0 Å². The van der Waals surface area contributed by atoms with E-state index in [0.29, 0.717) is 0 Å². The Kier molecular flexibility index (Phi) is 6.80. The van der Waals surface area contributed by atoms with Gasteiger partial charge in [0.15, 0.2) is 11.5 Å². The van der Waals surface area contributed by atoms with Gasteiger partial charge in [-0.3, -0.25) is 0 Å². The van der Waals surface area contributed by atoms with E-state index >= 15 is 0 Å². The topological polar surface area (TPSA) is 33.7 Å². The van der Waals surface area contributed by atoms with Crippen molar-refractivity contribution in [1.29, 1.82) is 0 Å². The molecule has 1 N–H and O–H groups in total. The molecule has 3 aromatic carbocycles. The summed E-state index contributed by atoms with van der Waals surface area (Å²) in [5.41, 5.74) is 6.03. The van der Waals surface area contributed by atoms with Gasteiger partial charge in [-0.2, -0.15) is 0 Å². The lowest BCUT2D eigenvalue weighted by Crippen LogP contribution is -2.36. The van der Waals surface area contributed by atoms with Crippen LogP contribution in [0.5, 0.6) is 11.5 Å². The number of anilines is 2. The molecule has 0 aromatic heterocycles. The van der Waals surface area contributed by atoms with Gasteiger partial charge in [0, 0.05) is 30.0 Å². The van der Waals surface area contributed by atoms with E-state index in [2.05, 4.69) is 72.6 Å². The Bertz CT molecular complexity index is 1050. The highest BCUT2D eigenvalue weighted by Gasteiger charge is 2.31. The van der Waals surface area contributed by atoms with E-state index in [1.165, 1.54) is 22.4 Å². The molecule has 0 spiro atoms. The van der Waals surface area contributed by atoms with Crippen molar-refractivity contribution in [3.05, 3.63) is 82.4 Å². The molecule has 4 rings (SSSR count). The maximum Gasteiger partial charge on any atom is 0.161 e. The predicted molar refractivity (Wildman–Crippen MR) is 134 cm³/mol. The highest BCUT2D eigenvalue weighted by atomic mass is 35.5. The van der Waals surface area contributed by atoms with Crippen LogP contribution < -0.4 is 19.7 Å². The van der Waals surface area contributed by atoms with Crippen LogP contribution in [-0.4, -0.2) is 26.8 Å². The van der Waals surface area contributed by atoms with E-state index in [4.69, 9.17) is 21.1 Å². The average Bonchev–Trinajstić information content (AvgIpc) is 2.83. The van der Waals surface area contributed by atoms with Gasteiger partial charge < -0.3 is 19.7 Å². The summed E-state index contributed by atoms with van der Waals surface area (Å²) in [6.45, 7) is 5.13. The molecule has 5 heteroatoms. The zero-order valence-corrected chi connectivity index (χ0v) is 19.9. The zero-order chi connectivity index (χ0) is 22.7. The molecule has 4 nitrogen and oxygen atoms in total. The first-order chi connectivity index (χ1) is 15.5. The Labute approximate surface area is 196 Å². The molecule has 0 saturated heterocycles. The summed E-state index contributed by atoms with van der Waals surface area (Å²) in [4.78, 5) is 2.46. The predicted octanol–water partition coefficient (Wildman–Crippen LogP) is 6.72. The summed E-state index contributed by atoms with van der Waals surface area (Å²) in [6, 6.07) is 21.2. The third kappa shape index (κ3) is 4.51. The number of hydrogen-bond acceptors (Lipinski definition) is 4. The molecular weight excluding hydrogens is 420 g/mol. The van der Waals surface area contributed by atoms with Crippen molar-refractivity contribution < 1.29 is 9.47 Å². The van der Waals surface area contributed by atoms with Crippen molar-refractivity contribution >= 4 is 23.0 Å². The summed E-state index contributed by atoms with van der Waals surface area (Å²) in [5, 5.41) is 3.94. The highest BCUT2D eigenvalue weighted by Crippen LogP contribution is 2.43. The molecular formula is C27H31ClN2O2. The van der Waals surface area contributed by atoms with Crippen LogP contribution in [0.4, 0.5) is 11.4 Å². The maximum atomic E-state index is 6.25. The Morgan fingerprint density at radius 2 is 1.78 bits per heavy atom. The van der Waals surface area contributed by atoms with Crippen LogP contribution in [-0.2, 0) is 6.42 Å². The van der Waals surface area contributed by atoms with E-state index in [1.54, 1.807) is 7.11 Å². The van der Waals surface area contributed by atoms with Gasteiger partial charge in [0.1, 0.15) is 0 Å². The Balaban J connectivity index is 1.83. The molecule has 0 amide bonds. The summed E-state index contributed by atoms with van der Waals surface area (Å²) in [5.74, 6) is 1.60. The second kappa shape index (κ2) is 9.74. The van der Waals surface area contributed by atoms with Gasteiger partial charge in [-0.05, 0) is 85.0 Å². The number of ether oxygens (including phenoxy) is 2. The fourth-order valence-corrected chi connectivity index (χ4v) is 4.41. The number of benzene rings is 3. The highest BCUT2D eigenvalue weighted by molar-refractivity contribution is 6.30. The average molecular weight is 451 g/mol. The van der Waals surface area contributed by atoms with E-state index in [-0.39, 0.29) is 12.1 Å². The van der Waals surface area contributed by atoms with Crippen molar-refractivity contribution in [2.75, 3.05) is 30.9 Å². The molecule has 3 aromatic rings. The van der Waals surface area contributed by atoms with Crippen LogP contribution in [0.15, 0.2) is 60.7 Å². The minimum absolute atomic E-state index is 0.0571. The van der Waals surface area contributed by atoms with E-state index in [0.717, 1.165) is 41.6 Å². The van der Waals surface area contributed by atoms with Crippen molar-refractivity contribution in [2.45, 2.75) is 38.8 Å². The molecule has 1 aliphatic heterocycles. The molecule has 0 bridgehead atoms. The van der Waals surface area contributed by atoms with E-state index in [9.17, 15) is 0 Å². The van der Waals surface area contributed by atoms with Crippen LogP contribution >= 0.6 is 11.6 Å². The van der Waals surface area contributed by atoms with Crippen LogP contribution in [0.25, 0.3) is 0 Å². The van der Waals surface area contributed by atoms with E-state index in [1.807, 2.05) is 19.2 Å². The molecule has 1 heterocycles. The molecule has 168 valence electrons. The molecule has 32 heavy (non-hydrogen) atoms. The SMILES string of the molecule is CC[C@@H](C)Oc1cc2c(cc1OC)CCN(c1ccc(NC)cc1)[C@H]2c1ccc(Cl)cc1. The second-order valence-electron chi connectivity index (χ2n) is 8.23. The first-order valence-corrected chi connectivity index (χ1v) is 11.6. The van der Waals surface area contributed by atoms with Gasteiger partial charge in [-0.1, -0.05) is 30.7 Å². The summed E-state index contributed by atoms with van der Waals surface area (Å²) >= 11 is 6.22.